The molecular weight excluding hydrogens is 382 g/mol. The average molecular weight is 405 g/mol. The number of nitro benzene ring substituents is 1. The highest BCUT2D eigenvalue weighted by Gasteiger charge is 2.34. The van der Waals surface area contributed by atoms with Crippen molar-refractivity contribution in [1.29, 1.82) is 0 Å². The summed E-state index contributed by atoms with van der Waals surface area (Å²) < 4.78 is 11.0. The van der Waals surface area contributed by atoms with Crippen molar-refractivity contribution in [2.75, 3.05) is 18.5 Å². The van der Waals surface area contributed by atoms with Crippen molar-refractivity contribution in [1.82, 2.24) is 4.90 Å². The van der Waals surface area contributed by atoms with Gasteiger partial charge in [0.1, 0.15) is 5.69 Å². The highest BCUT2D eigenvalue weighted by Crippen LogP contribution is 2.39. The number of carbonyl (C=O) groups is 1. The Kier molecular flexibility index (Phi) is 6.35. The van der Waals surface area contributed by atoms with Gasteiger partial charge in [-0.25, -0.2) is 4.79 Å². The Morgan fingerprint density at radius 1 is 1.29 bits per heavy atom. The molecule has 0 aliphatic heterocycles. The summed E-state index contributed by atoms with van der Waals surface area (Å²) in [5, 5.41) is 16.2. The molecule has 150 valence electrons. The van der Waals surface area contributed by atoms with Gasteiger partial charge in [-0.2, -0.15) is 0 Å². The van der Waals surface area contributed by atoms with Gasteiger partial charge in [0.15, 0.2) is 11.5 Å². The Morgan fingerprint density at radius 2 is 1.96 bits per heavy atom. The van der Waals surface area contributed by atoms with Crippen molar-refractivity contribution < 1.29 is 19.2 Å². The molecule has 0 spiro atoms. The first-order valence-electron chi connectivity index (χ1n) is 9.21. The van der Waals surface area contributed by atoms with Crippen molar-refractivity contribution in [3.8, 4) is 11.5 Å². The number of benzene rings is 1. The van der Waals surface area contributed by atoms with E-state index >= 15 is 0 Å². The maximum Gasteiger partial charge on any atom is 0.322 e. The smallest absolute Gasteiger partial charge is 0.322 e. The van der Waals surface area contributed by atoms with Crippen LogP contribution in [0, 0.1) is 10.1 Å². The minimum Gasteiger partial charge on any atom is -0.490 e. The van der Waals surface area contributed by atoms with Crippen molar-refractivity contribution in [2.45, 2.75) is 39.3 Å². The number of nitrogens with one attached hydrogen (secondary N) is 1. The Hall–Kier alpha value is -2.81. The van der Waals surface area contributed by atoms with Gasteiger partial charge >= 0.3 is 6.03 Å². The summed E-state index contributed by atoms with van der Waals surface area (Å²) in [5.74, 6) is 0.646. The van der Waals surface area contributed by atoms with Crippen molar-refractivity contribution >= 4 is 28.7 Å². The van der Waals surface area contributed by atoms with E-state index in [0.29, 0.717) is 25.5 Å². The van der Waals surface area contributed by atoms with Gasteiger partial charge in [-0.1, -0.05) is 6.07 Å². The van der Waals surface area contributed by atoms with Gasteiger partial charge in [0.25, 0.3) is 5.69 Å². The third-order valence-electron chi connectivity index (χ3n) is 4.25. The Bertz CT molecular complexity index is 836. The van der Waals surface area contributed by atoms with Crippen LogP contribution in [0.4, 0.5) is 16.2 Å². The maximum absolute atomic E-state index is 12.9. The zero-order chi connectivity index (χ0) is 20.1. The average Bonchev–Trinajstić information content (AvgIpc) is 3.37. The molecule has 1 fully saturated rings. The van der Waals surface area contributed by atoms with Crippen molar-refractivity contribution in [3.05, 3.63) is 44.6 Å². The summed E-state index contributed by atoms with van der Waals surface area (Å²) in [6.07, 6.45) is 1.88. The van der Waals surface area contributed by atoms with Crippen LogP contribution in [0.5, 0.6) is 11.5 Å². The number of thiophene rings is 1. The lowest BCUT2D eigenvalue weighted by Gasteiger charge is -2.22. The van der Waals surface area contributed by atoms with Crippen LogP contribution in [-0.2, 0) is 6.54 Å². The molecule has 0 bridgehead atoms. The SMILES string of the molecule is CCOc1cc(NC(=O)N(Cc2cccs2)C2CC2)c([N+](=O)[O-])cc1OCC. The molecule has 9 heteroatoms. The monoisotopic (exact) mass is 405 g/mol. The first-order valence-corrected chi connectivity index (χ1v) is 10.1. The quantitative estimate of drug-likeness (QED) is 0.484. The van der Waals surface area contributed by atoms with Gasteiger partial charge in [-0.05, 0) is 38.1 Å². The number of urea groups is 1. The fourth-order valence-corrected chi connectivity index (χ4v) is 3.55. The first kappa shape index (κ1) is 19.9. The molecule has 28 heavy (non-hydrogen) atoms. The summed E-state index contributed by atoms with van der Waals surface area (Å²) in [4.78, 5) is 26.7. The van der Waals surface area contributed by atoms with Gasteiger partial charge in [0, 0.05) is 17.0 Å². The molecule has 1 aliphatic carbocycles. The van der Waals surface area contributed by atoms with Crippen molar-refractivity contribution in [2.24, 2.45) is 0 Å². The Labute approximate surface area is 167 Å². The number of nitrogens with zero attached hydrogens (tertiary/aromatic N) is 2. The number of amides is 2. The van der Waals surface area contributed by atoms with Gasteiger partial charge in [0.05, 0.1) is 30.7 Å². The van der Waals surface area contributed by atoms with E-state index in [1.165, 1.54) is 12.1 Å². The second-order valence-electron chi connectivity index (χ2n) is 6.31. The molecule has 0 unspecified atom stereocenters. The van der Waals surface area contributed by atoms with E-state index in [1.807, 2.05) is 24.4 Å². The van der Waals surface area contributed by atoms with E-state index in [1.54, 1.807) is 23.2 Å². The summed E-state index contributed by atoms with van der Waals surface area (Å²) in [6, 6.07) is 6.47. The fraction of sp³-hybridized carbons (Fsp3) is 0.421. The van der Waals surface area contributed by atoms with Gasteiger partial charge in [-0.3, -0.25) is 10.1 Å². The van der Waals surface area contributed by atoms with Gasteiger partial charge in [-0.15, -0.1) is 11.3 Å². The Balaban J connectivity index is 1.87. The molecule has 1 N–H and O–H groups in total. The molecule has 0 saturated heterocycles. The van der Waals surface area contributed by atoms with Crippen LogP contribution in [-0.4, -0.2) is 35.1 Å². The maximum atomic E-state index is 12.9. The summed E-state index contributed by atoms with van der Waals surface area (Å²) in [6.45, 7) is 4.80. The Morgan fingerprint density at radius 3 is 2.50 bits per heavy atom. The third-order valence-corrected chi connectivity index (χ3v) is 5.12. The standard InChI is InChI=1S/C19H23N3O5S/c1-3-26-17-10-15(16(22(24)25)11-18(17)27-4-2)20-19(23)21(13-7-8-13)12-14-6-5-9-28-14/h5-6,9-11,13H,3-4,7-8,12H2,1-2H3,(H,20,23). The van der Waals surface area contributed by atoms with Crippen LogP contribution in [0.15, 0.2) is 29.6 Å². The highest BCUT2D eigenvalue weighted by atomic mass is 32.1. The van der Waals surface area contributed by atoms with Crippen LogP contribution in [0.2, 0.25) is 0 Å². The lowest BCUT2D eigenvalue weighted by molar-refractivity contribution is -0.384. The molecule has 0 atom stereocenters. The minimum absolute atomic E-state index is 0.0960. The number of carbonyl (C=O) groups excluding carboxylic acids is 1. The number of hydrogen-bond acceptors (Lipinski definition) is 6. The fourth-order valence-electron chi connectivity index (χ4n) is 2.85. The lowest BCUT2D eigenvalue weighted by atomic mass is 10.2. The van der Waals surface area contributed by atoms with Gasteiger partial charge in [0.2, 0.25) is 0 Å². The molecule has 2 aromatic rings. The molecule has 1 aromatic heterocycles. The molecule has 1 heterocycles. The third kappa shape index (κ3) is 4.72. The molecule has 1 aliphatic rings. The molecule has 1 saturated carbocycles. The molecule has 0 radical (unpaired) electrons. The number of nitro groups is 1. The number of anilines is 1. The normalized spacial score (nSPS) is 13.1. The number of ether oxygens (including phenoxy) is 2. The predicted octanol–water partition coefficient (Wildman–Crippen LogP) is 4.65. The van der Waals surface area contributed by atoms with Gasteiger partial charge < -0.3 is 19.7 Å². The molecule has 8 nitrogen and oxygen atoms in total. The van der Waals surface area contributed by atoms with Crippen LogP contribution in [0.3, 0.4) is 0 Å². The minimum atomic E-state index is -0.533. The summed E-state index contributed by atoms with van der Waals surface area (Å²) in [5.41, 5.74) is -0.133. The predicted molar refractivity (Wildman–Crippen MR) is 107 cm³/mol. The van der Waals surface area contributed by atoms with E-state index in [4.69, 9.17) is 9.47 Å². The molecule has 3 rings (SSSR count). The summed E-state index contributed by atoms with van der Waals surface area (Å²) in [7, 11) is 0. The zero-order valence-electron chi connectivity index (χ0n) is 15.8. The summed E-state index contributed by atoms with van der Waals surface area (Å²) >= 11 is 1.58. The van der Waals surface area contributed by atoms with E-state index in [-0.39, 0.29) is 29.2 Å². The highest BCUT2D eigenvalue weighted by molar-refractivity contribution is 7.09. The second-order valence-corrected chi connectivity index (χ2v) is 7.34. The van der Waals surface area contributed by atoms with Crippen LogP contribution in [0.1, 0.15) is 31.6 Å². The van der Waals surface area contributed by atoms with E-state index in [0.717, 1.165) is 17.7 Å². The van der Waals surface area contributed by atoms with E-state index in [9.17, 15) is 14.9 Å². The van der Waals surface area contributed by atoms with Crippen molar-refractivity contribution in [3.63, 3.8) is 0 Å². The largest absolute Gasteiger partial charge is 0.490 e. The second kappa shape index (κ2) is 8.92. The van der Waals surface area contributed by atoms with Crippen LogP contribution >= 0.6 is 11.3 Å². The first-order chi connectivity index (χ1) is 13.5. The lowest BCUT2D eigenvalue weighted by Crippen LogP contribution is -2.36. The van der Waals surface area contributed by atoms with Crippen LogP contribution < -0.4 is 14.8 Å². The molecule has 2 amide bonds. The van der Waals surface area contributed by atoms with E-state index < -0.39 is 4.92 Å². The molecule has 1 aromatic carbocycles. The van der Waals surface area contributed by atoms with E-state index in [2.05, 4.69) is 5.32 Å². The number of rotatable bonds is 9. The number of hydrogen-bond donors (Lipinski definition) is 1. The topological polar surface area (TPSA) is 93.9 Å². The molecular formula is C19H23N3O5S. The van der Waals surface area contributed by atoms with Crippen LogP contribution in [0.25, 0.3) is 0 Å². The zero-order valence-corrected chi connectivity index (χ0v) is 16.7.